The van der Waals surface area contributed by atoms with Crippen LogP contribution in [-0.4, -0.2) is 26.1 Å². The fourth-order valence-corrected chi connectivity index (χ4v) is 1.83. The Morgan fingerprint density at radius 2 is 2.28 bits per heavy atom. The summed E-state index contributed by atoms with van der Waals surface area (Å²) in [6, 6.07) is 7.89. The monoisotopic (exact) mass is 241 g/mol. The molecule has 0 saturated heterocycles. The molecule has 0 spiro atoms. The Bertz CT molecular complexity index is 671. The van der Waals surface area contributed by atoms with E-state index in [1.54, 1.807) is 0 Å². The average molecular weight is 241 g/mol. The van der Waals surface area contributed by atoms with Crippen molar-refractivity contribution in [2.45, 2.75) is 6.42 Å². The molecule has 0 aliphatic heterocycles. The second-order valence-corrected chi connectivity index (χ2v) is 3.96. The molecule has 0 bridgehead atoms. The minimum absolute atomic E-state index is 0.127. The predicted octanol–water partition coefficient (Wildman–Crippen LogP) is 1.47. The van der Waals surface area contributed by atoms with Gasteiger partial charge in [-0.3, -0.25) is 10.1 Å². The molecular weight excluding hydrogens is 230 g/mol. The Morgan fingerprint density at radius 3 is 3.11 bits per heavy atom. The summed E-state index contributed by atoms with van der Waals surface area (Å²) < 4.78 is 0. The van der Waals surface area contributed by atoms with Crippen molar-refractivity contribution < 1.29 is 4.79 Å². The van der Waals surface area contributed by atoms with Gasteiger partial charge in [0.1, 0.15) is 6.33 Å². The quantitative estimate of drug-likeness (QED) is 0.649. The van der Waals surface area contributed by atoms with E-state index in [0.29, 0.717) is 12.4 Å². The van der Waals surface area contributed by atoms with Crippen LogP contribution in [-0.2, 0) is 11.2 Å². The number of hydrogen-bond acceptors (Lipinski definition) is 3. The SMILES string of the molecule is O=C(Cc1ccc2cc[nH]c2c1)Nc1ncn[nH]1. The summed E-state index contributed by atoms with van der Waals surface area (Å²) in [5, 5.41) is 10.0. The molecule has 0 aliphatic rings. The lowest BCUT2D eigenvalue weighted by Gasteiger charge is -2.02. The van der Waals surface area contributed by atoms with Crippen LogP contribution in [0.5, 0.6) is 0 Å². The Morgan fingerprint density at radius 1 is 1.33 bits per heavy atom. The van der Waals surface area contributed by atoms with Gasteiger partial charge in [0.05, 0.1) is 6.42 Å². The first kappa shape index (κ1) is 10.5. The molecule has 0 unspecified atom stereocenters. The van der Waals surface area contributed by atoms with Crippen LogP contribution >= 0.6 is 0 Å². The number of H-pyrrole nitrogens is 2. The highest BCUT2D eigenvalue weighted by Gasteiger charge is 2.06. The summed E-state index contributed by atoms with van der Waals surface area (Å²) in [6.45, 7) is 0. The smallest absolute Gasteiger partial charge is 0.231 e. The van der Waals surface area contributed by atoms with Gasteiger partial charge in [-0.15, -0.1) is 0 Å². The number of amides is 1. The minimum atomic E-state index is -0.127. The van der Waals surface area contributed by atoms with Gasteiger partial charge in [0, 0.05) is 11.7 Å². The van der Waals surface area contributed by atoms with E-state index < -0.39 is 0 Å². The summed E-state index contributed by atoms with van der Waals surface area (Å²) in [5.41, 5.74) is 1.97. The van der Waals surface area contributed by atoms with E-state index in [9.17, 15) is 4.79 Å². The molecule has 0 atom stereocenters. The maximum absolute atomic E-state index is 11.7. The van der Waals surface area contributed by atoms with Gasteiger partial charge < -0.3 is 4.98 Å². The highest BCUT2D eigenvalue weighted by atomic mass is 16.1. The number of nitrogens with zero attached hydrogens (tertiary/aromatic N) is 2. The van der Waals surface area contributed by atoms with E-state index in [4.69, 9.17) is 0 Å². The number of anilines is 1. The molecule has 0 fully saturated rings. The lowest BCUT2D eigenvalue weighted by Crippen LogP contribution is -2.15. The van der Waals surface area contributed by atoms with E-state index in [0.717, 1.165) is 16.5 Å². The number of carbonyl (C=O) groups is 1. The summed E-state index contributed by atoms with van der Waals surface area (Å²) in [7, 11) is 0. The Hall–Kier alpha value is -2.63. The van der Waals surface area contributed by atoms with Crippen molar-refractivity contribution in [2.24, 2.45) is 0 Å². The molecule has 1 amide bonds. The number of nitrogens with one attached hydrogen (secondary N) is 3. The molecule has 90 valence electrons. The van der Waals surface area contributed by atoms with E-state index >= 15 is 0 Å². The van der Waals surface area contributed by atoms with E-state index in [2.05, 4.69) is 25.5 Å². The largest absolute Gasteiger partial charge is 0.361 e. The van der Waals surface area contributed by atoms with Gasteiger partial charge in [0.2, 0.25) is 11.9 Å². The zero-order valence-corrected chi connectivity index (χ0v) is 9.47. The van der Waals surface area contributed by atoms with Crippen LogP contribution in [0.25, 0.3) is 10.9 Å². The van der Waals surface area contributed by atoms with Crippen molar-refractivity contribution in [3.63, 3.8) is 0 Å². The Labute approximate surface area is 102 Å². The van der Waals surface area contributed by atoms with Crippen LogP contribution in [0.4, 0.5) is 5.95 Å². The van der Waals surface area contributed by atoms with Gasteiger partial charge >= 0.3 is 0 Å². The highest BCUT2D eigenvalue weighted by Crippen LogP contribution is 2.14. The van der Waals surface area contributed by atoms with Gasteiger partial charge in [-0.2, -0.15) is 10.1 Å². The van der Waals surface area contributed by atoms with Gasteiger partial charge in [-0.25, -0.2) is 5.10 Å². The molecule has 3 aromatic rings. The van der Waals surface area contributed by atoms with Crippen molar-refractivity contribution in [1.29, 1.82) is 0 Å². The summed E-state index contributed by atoms with van der Waals surface area (Å²) in [6.07, 6.45) is 3.53. The molecule has 1 aromatic carbocycles. The van der Waals surface area contributed by atoms with Crippen molar-refractivity contribution in [3.8, 4) is 0 Å². The van der Waals surface area contributed by atoms with Crippen molar-refractivity contribution in [3.05, 3.63) is 42.4 Å². The maximum atomic E-state index is 11.7. The zero-order chi connectivity index (χ0) is 12.4. The van der Waals surface area contributed by atoms with Crippen LogP contribution in [0.15, 0.2) is 36.8 Å². The molecule has 2 aromatic heterocycles. The number of rotatable bonds is 3. The topological polar surface area (TPSA) is 86.5 Å². The minimum Gasteiger partial charge on any atom is -0.361 e. The van der Waals surface area contributed by atoms with Gasteiger partial charge in [0.15, 0.2) is 0 Å². The third kappa shape index (κ3) is 2.08. The van der Waals surface area contributed by atoms with Crippen LogP contribution in [0.2, 0.25) is 0 Å². The van der Waals surface area contributed by atoms with Crippen LogP contribution in [0.1, 0.15) is 5.56 Å². The molecule has 0 radical (unpaired) electrons. The second kappa shape index (κ2) is 4.33. The van der Waals surface area contributed by atoms with Crippen molar-refractivity contribution in [2.75, 3.05) is 5.32 Å². The van der Waals surface area contributed by atoms with Crippen LogP contribution in [0.3, 0.4) is 0 Å². The third-order valence-electron chi connectivity index (χ3n) is 2.66. The average Bonchev–Trinajstić information content (AvgIpc) is 2.98. The number of fused-ring (bicyclic) bond motifs is 1. The fraction of sp³-hybridized carbons (Fsp3) is 0.0833. The molecule has 6 nitrogen and oxygen atoms in total. The van der Waals surface area contributed by atoms with E-state index in [1.165, 1.54) is 6.33 Å². The molecule has 2 heterocycles. The zero-order valence-electron chi connectivity index (χ0n) is 9.47. The van der Waals surface area contributed by atoms with Gasteiger partial charge in [-0.1, -0.05) is 12.1 Å². The summed E-state index contributed by atoms with van der Waals surface area (Å²) in [5.74, 6) is 0.235. The molecule has 6 heteroatoms. The molecule has 3 N–H and O–H groups in total. The van der Waals surface area contributed by atoms with Gasteiger partial charge in [-0.05, 0) is 23.1 Å². The highest BCUT2D eigenvalue weighted by molar-refractivity contribution is 5.91. The molecule has 3 rings (SSSR count). The van der Waals surface area contributed by atoms with Crippen LogP contribution < -0.4 is 5.32 Å². The number of hydrogen-bond donors (Lipinski definition) is 3. The lowest BCUT2D eigenvalue weighted by molar-refractivity contribution is -0.115. The van der Waals surface area contributed by atoms with E-state index in [1.807, 2.05) is 30.5 Å². The van der Waals surface area contributed by atoms with E-state index in [-0.39, 0.29) is 5.91 Å². The van der Waals surface area contributed by atoms with Crippen molar-refractivity contribution in [1.82, 2.24) is 20.2 Å². The first-order valence-electron chi connectivity index (χ1n) is 5.52. The Balaban J connectivity index is 1.73. The van der Waals surface area contributed by atoms with Gasteiger partial charge in [0.25, 0.3) is 0 Å². The summed E-state index contributed by atoms with van der Waals surface area (Å²) in [4.78, 5) is 18.7. The first-order chi connectivity index (χ1) is 8.81. The summed E-state index contributed by atoms with van der Waals surface area (Å²) >= 11 is 0. The molecular formula is C12H11N5O. The number of carbonyl (C=O) groups excluding carboxylic acids is 1. The standard InChI is InChI=1S/C12H11N5O/c18-11(16-12-14-7-15-17-12)6-8-1-2-9-3-4-13-10(9)5-8/h1-5,7,13H,6H2,(H2,14,15,16,17,18). The Kier molecular flexibility index (Phi) is 2.53. The first-order valence-corrected chi connectivity index (χ1v) is 5.52. The second-order valence-electron chi connectivity index (χ2n) is 3.96. The molecule has 18 heavy (non-hydrogen) atoms. The molecule has 0 aliphatic carbocycles. The predicted molar refractivity (Wildman–Crippen MR) is 67.0 cm³/mol. The molecule has 0 saturated carbocycles. The number of benzene rings is 1. The maximum Gasteiger partial charge on any atom is 0.231 e. The third-order valence-corrected chi connectivity index (χ3v) is 2.66. The van der Waals surface area contributed by atoms with Crippen molar-refractivity contribution >= 4 is 22.8 Å². The number of aromatic amines is 2. The normalized spacial score (nSPS) is 10.7. The lowest BCUT2D eigenvalue weighted by atomic mass is 10.1. The van der Waals surface area contributed by atoms with Crippen LogP contribution in [0, 0.1) is 0 Å². The number of aromatic nitrogens is 4. The fourth-order valence-electron chi connectivity index (χ4n) is 1.83.